The number of hydrogen-bond acceptors (Lipinski definition) is 7. The van der Waals surface area contributed by atoms with Gasteiger partial charge in [-0.1, -0.05) is 11.6 Å². The van der Waals surface area contributed by atoms with Crippen LogP contribution in [0.4, 0.5) is 0 Å². The Morgan fingerprint density at radius 2 is 2.15 bits per heavy atom. The number of halogens is 1. The molecule has 9 heteroatoms. The van der Waals surface area contributed by atoms with E-state index >= 15 is 0 Å². The molecule has 2 fully saturated rings. The largest absolute Gasteiger partial charge is 0.369 e. The van der Waals surface area contributed by atoms with Gasteiger partial charge in [0.2, 0.25) is 5.91 Å². The number of morpholine rings is 1. The van der Waals surface area contributed by atoms with Gasteiger partial charge in [0.05, 0.1) is 23.0 Å². The zero-order valence-corrected chi connectivity index (χ0v) is 16.0. The van der Waals surface area contributed by atoms with E-state index in [1.54, 1.807) is 17.7 Å². The SMILES string of the molecule is NC(=O)C1CCN(C(c2cc3ncncc3s2)N2CCOC(Cl)C2)CC1. The highest BCUT2D eigenvalue weighted by Crippen LogP contribution is 2.36. The highest BCUT2D eigenvalue weighted by Gasteiger charge is 2.35. The molecule has 7 nitrogen and oxygen atoms in total. The standard InChI is InChI=1S/C17H22ClN5O2S/c18-15-9-23(5-6-25-15)17(22-3-1-11(2-4-22)16(19)24)13-7-12-14(26-13)8-20-10-21-12/h7-8,10-11,15,17H,1-6,9H2,(H2,19,24). The first-order valence-corrected chi connectivity index (χ1v) is 10.1. The van der Waals surface area contributed by atoms with E-state index in [1.807, 2.05) is 6.20 Å². The summed E-state index contributed by atoms with van der Waals surface area (Å²) in [6, 6.07) is 2.14. The number of carbonyl (C=O) groups is 1. The molecular weight excluding hydrogens is 374 g/mol. The van der Waals surface area contributed by atoms with Crippen LogP contribution in [0.15, 0.2) is 18.6 Å². The predicted molar refractivity (Wildman–Crippen MR) is 101 cm³/mol. The number of piperidine rings is 1. The van der Waals surface area contributed by atoms with Crippen molar-refractivity contribution in [3.8, 4) is 0 Å². The molecule has 4 rings (SSSR count). The van der Waals surface area contributed by atoms with E-state index in [-0.39, 0.29) is 23.6 Å². The lowest BCUT2D eigenvalue weighted by Gasteiger charge is -2.44. The van der Waals surface area contributed by atoms with Gasteiger partial charge < -0.3 is 10.5 Å². The fourth-order valence-electron chi connectivity index (χ4n) is 3.80. The van der Waals surface area contributed by atoms with Crippen LogP contribution in [-0.2, 0) is 9.53 Å². The number of thiophene rings is 1. The second-order valence-corrected chi connectivity index (χ2v) is 8.39. The van der Waals surface area contributed by atoms with Crippen molar-refractivity contribution in [1.82, 2.24) is 19.8 Å². The summed E-state index contributed by atoms with van der Waals surface area (Å²) in [4.78, 5) is 26.0. The summed E-state index contributed by atoms with van der Waals surface area (Å²) in [6.45, 7) is 3.78. The average molecular weight is 396 g/mol. The molecule has 2 aliphatic rings. The minimum atomic E-state index is -0.302. The number of amides is 1. The molecular formula is C17H22ClN5O2S. The molecule has 26 heavy (non-hydrogen) atoms. The Kier molecular flexibility index (Phi) is 5.37. The van der Waals surface area contributed by atoms with Crippen LogP contribution < -0.4 is 5.73 Å². The number of primary amides is 1. The van der Waals surface area contributed by atoms with E-state index in [2.05, 4.69) is 25.8 Å². The predicted octanol–water partition coefficient (Wildman–Crippen LogP) is 1.78. The van der Waals surface area contributed by atoms with Crippen molar-refractivity contribution in [2.24, 2.45) is 11.7 Å². The normalized spacial score (nSPS) is 24.7. The number of aromatic nitrogens is 2. The van der Waals surface area contributed by atoms with Crippen LogP contribution >= 0.6 is 22.9 Å². The molecule has 0 aromatic carbocycles. The number of rotatable bonds is 4. The van der Waals surface area contributed by atoms with E-state index in [1.165, 1.54) is 4.88 Å². The summed E-state index contributed by atoms with van der Waals surface area (Å²) in [5.74, 6) is -0.212. The Morgan fingerprint density at radius 1 is 1.35 bits per heavy atom. The van der Waals surface area contributed by atoms with Crippen LogP contribution in [-0.4, -0.2) is 64.0 Å². The first-order valence-electron chi connectivity index (χ1n) is 8.84. The van der Waals surface area contributed by atoms with E-state index in [0.717, 1.165) is 42.7 Å². The number of ether oxygens (including phenoxy) is 1. The smallest absolute Gasteiger partial charge is 0.220 e. The van der Waals surface area contributed by atoms with E-state index in [0.29, 0.717) is 13.2 Å². The maximum absolute atomic E-state index is 11.5. The van der Waals surface area contributed by atoms with Crippen molar-refractivity contribution < 1.29 is 9.53 Å². The third kappa shape index (κ3) is 3.70. The number of likely N-dealkylation sites (tertiary alicyclic amines) is 1. The average Bonchev–Trinajstić information content (AvgIpc) is 3.06. The molecule has 0 aliphatic carbocycles. The number of hydrogen-bond donors (Lipinski definition) is 1. The van der Waals surface area contributed by atoms with Gasteiger partial charge in [-0.05, 0) is 18.9 Å². The first-order chi connectivity index (χ1) is 12.6. The second kappa shape index (κ2) is 7.74. The maximum atomic E-state index is 11.5. The van der Waals surface area contributed by atoms with Crippen LogP contribution in [0.25, 0.3) is 10.2 Å². The van der Waals surface area contributed by atoms with Crippen LogP contribution in [0.2, 0.25) is 0 Å². The summed E-state index contributed by atoms with van der Waals surface area (Å²) in [5, 5.41) is 0. The Labute approximate surface area is 161 Å². The van der Waals surface area contributed by atoms with Crippen LogP contribution in [0.5, 0.6) is 0 Å². The number of carbonyl (C=O) groups excluding carboxylic acids is 1. The molecule has 140 valence electrons. The third-order valence-corrected chi connectivity index (χ3v) is 6.51. The Balaban J connectivity index is 1.62. The summed E-state index contributed by atoms with van der Waals surface area (Å²) >= 11 is 7.98. The van der Waals surface area contributed by atoms with Crippen LogP contribution in [0, 0.1) is 5.92 Å². The van der Waals surface area contributed by atoms with E-state index < -0.39 is 0 Å². The topological polar surface area (TPSA) is 84.6 Å². The summed E-state index contributed by atoms with van der Waals surface area (Å²) in [6.07, 6.45) is 5.14. The van der Waals surface area contributed by atoms with Gasteiger partial charge >= 0.3 is 0 Å². The molecule has 2 aromatic heterocycles. The molecule has 0 spiro atoms. The van der Waals surface area contributed by atoms with Gasteiger partial charge in [0.1, 0.15) is 11.9 Å². The highest BCUT2D eigenvalue weighted by molar-refractivity contribution is 7.19. The molecule has 0 radical (unpaired) electrons. The van der Waals surface area contributed by atoms with Crippen molar-refractivity contribution in [2.75, 3.05) is 32.8 Å². The summed E-state index contributed by atoms with van der Waals surface area (Å²) < 4.78 is 6.59. The molecule has 1 amide bonds. The van der Waals surface area contributed by atoms with Crippen molar-refractivity contribution in [2.45, 2.75) is 24.6 Å². The van der Waals surface area contributed by atoms with Gasteiger partial charge in [-0.25, -0.2) is 9.97 Å². The molecule has 0 bridgehead atoms. The zero-order valence-electron chi connectivity index (χ0n) is 14.4. The van der Waals surface area contributed by atoms with Gasteiger partial charge in [0.15, 0.2) is 0 Å². The van der Waals surface area contributed by atoms with E-state index in [9.17, 15) is 4.79 Å². The molecule has 2 atom stereocenters. The molecule has 4 heterocycles. The number of nitrogens with zero attached hydrogens (tertiary/aromatic N) is 4. The Morgan fingerprint density at radius 3 is 2.85 bits per heavy atom. The minimum Gasteiger partial charge on any atom is -0.369 e. The molecule has 2 saturated heterocycles. The lowest BCUT2D eigenvalue weighted by atomic mass is 9.95. The Hall–Kier alpha value is -1.32. The fourth-order valence-corrected chi connectivity index (χ4v) is 5.22. The lowest BCUT2D eigenvalue weighted by molar-refractivity contribution is -0.124. The first kappa shape index (κ1) is 18.1. The number of nitrogens with two attached hydrogens (primary N) is 1. The van der Waals surface area contributed by atoms with E-state index in [4.69, 9.17) is 22.1 Å². The second-order valence-electron chi connectivity index (χ2n) is 6.78. The van der Waals surface area contributed by atoms with Gasteiger partial charge in [0.25, 0.3) is 0 Å². The molecule has 0 saturated carbocycles. The quantitative estimate of drug-likeness (QED) is 0.794. The van der Waals surface area contributed by atoms with Crippen molar-refractivity contribution in [3.05, 3.63) is 23.5 Å². The fraction of sp³-hybridized carbons (Fsp3) is 0.588. The number of fused-ring (bicyclic) bond motifs is 1. The summed E-state index contributed by atoms with van der Waals surface area (Å²) in [5.41, 5.74) is 6.16. The monoisotopic (exact) mass is 395 g/mol. The minimum absolute atomic E-state index is 0.0226. The van der Waals surface area contributed by atoms with Crippen molar-refractivity contribution >= 4 is 39.1 Å². The van der Waals surface area contributed by atoms with Crippen molar-refractivity contribution in [1.29, 1.82) is 0 Å². The van der Waals surface area contributed by atoms with Crippen LogP contribution in [0.3, 0.4) is 0 Å². The molecule has 2 aromatic rings. The van der Waals surface area contributed by atoms with Crippen LogP contribution in [0.1, 0.15) is 23.9 Å². The van der Waals surface area contributed by atoms with Crippen molar-refractivity contribution in [3.63, 3.8) is 0 Å². The lowest BCUT2D eigenvalue weighted by Crippen LogP contribution is -2.50. The zero-order chi connectivity index (χ0) is 18.1. The maximum Gasteiger partial charge on any atom is 0.220 e. The van der Waals surface area contributed by atoms with Gasteiger partial charge in [-0.3, -0.25) is 14.6 Å². The number of alkyl halides is 1. The molecule has 2 aliphatic heterocycles. The third-order valence-electron chi connectivity index (χ3n) is 5.15. The van der Waals surface area contributed by atoms with Gasteiger partial charge in [-0.2, -0.15) is 0 Å². The van der Waals surface area contributed by atoms with Gasteiger partial charge in [-0.15, -0.1) is 11.3 Å². The van der Waals surface area contributed by atoms with Gasteiger partial charge in [0, 0.05) is 43.2 Å². The Bertz CT molecular complexity index is 746. The molecule has 2 unspecified atom stereocenters. The highest BCUT2D eigenvalue weighted by atomic mass is 35.5. The molecule has 2 N–H and O–H groups in total. The summed E-state index contributed by atoms with van der Waals surface area (Å²) in [7, 11) is 0.